The molecule has 4 aliphatic carbocycles. The first-order valence-corrected chi connectivity index (χ1v) is 16.3. The molecule has 4 aliphatic rings. The number of nitrogens with one attached hydrogen (secondary N) is 1. The zero-order valence-corrected chi connectivity index (χ0v) is 25.9. The lowest BCUT2D eigenvalue weighted by atomic mass is 9.47. The topological polar surface area (TPSA) is 64.6 Å². The first-order chi connectivity index (χ1) is 18.6. The Bertz CT molecular complexity index is 882. The summed E-state index contributed by atoms with van der Waals surface area (Å²) in [6.45, 7) is 15.5. The molecule has 3 unspecified atom stereocenters. The van der Waals surface area contributed by atoms with Gasteiger partial charge in [-0.3, -0.25) is 9.59 Å². The highest BCUT2D eigenvalue weighted by atomic mass is 16.5. The van der Waals surface area contributed by atoms with Crippen LogP contribution in [0.1, 0.15) is 119 Å². The first kappa shape index (κ1) is 30.6. The van der Waals surface area contributed by atoms with Gasteiger partial charge in [-0.05, 0) is 105 Å². The predicted octanol–water partition coefficient (Wildman–Crippen LogP) is 7.48. The lowest BCUT2D eigenvalue weighted by Gasteiger charge is -2.58. The van der Waals surface area contributed by atoms with Crippen LogP contribution in [0.2, 0.25) is 0 Å². The summed E-state index contributed by atoms with van der Waals surface area (Å²) >= 11 is 0. The van der Waals surface area contributed by atoms with Crippen LogP contribution in [0, 0.1) is 46.3 Å². The molecule has 3 fully saturated rings. The lowest BCUT2D eigenvalue weighted by molar-refractivity contribution is -0.146. The zero-order valence-electron chi connectivity index (χ0n) is 25.9. The van der Waals surface area contributed by atoms with Crippen LogP contribution in [-0.4, -0.2) is 37.7 Å². The van der Waals surface area contributed by atoms with E-state index < -0.39 is 5.97 Å². The fourth-order valence-corrected chi connectivity index (χ4v) is 9.62. The predicted molar refractivity (Wildman–Crippen MR) is 157 cm³/mol. The maximum atomic E-state index is 11.9. The third-order valence-electron chi connectivity index (χ3n) is 11.6. The second-order valence-corrected chi connectivity index (χ2v) is 14.4. The fourth-order valence-electron chi connectivity index (χ4n) is 9.62. The highest BCUT2D eigenvalue weighted by Gasteiger charge is 2.59. The van der Waals surface area contributed by atoms with Crippen molar-refractivity contribution in [1.29, 1.82) is 0 Å². The number of carbonyl (C=O) groups is 2. The minimum atomic E-state index is -0.475. The van der Waals surface area contributed by atoms with Crippen molar-refractivity contribution in [2.24, 2.45) is 46.3 Å². The fraction of sp³-hybridized carbons (Fsp3) is 0.882. The summed E-state index contributed by atoms with van der Waals surface area (Å²) < 4.78 is 11.1. The van der Waals surface area contributed by atoms with Gasteiger partial charge in [0.15, 0.2) is 0 Å². The molecule has 39 heavy (non-hydrogen) atoms. The van der Waals surface area contributed by atoms with E-state index in [1.54, 1.807) is 12.5 Å². The van der Waals surface area contributed by atoms with Crippen molar-refractivity contribution in [2.75, 3.05) is 19.8 Å². The largest absolute Gasteiger partial charge is 0.466 e. The van der Waals surface area contributed by atoms with E-state index in [0.717, 1.165) is 48.3 Å². The van der Waals surface area contributed by atoms with Crippen molar-refractivity contribution in [3.63, 3.8) is 0 Å². The quantitative estimate of drug-likeness (QED) is 0.120. The number of rotatable bonds is 12. The molecule has 0 saturated heterocycles. The Morgan fingerprint density at radius 1 is 1.05 bits per heavy atom. The van der Waals surface area contributed by atoms with Crippen molar-refractivity contribution in [1.82, 2.24) is 5.32 Å². The Balaban J connectivity index is 1.29. The van der Waals surface area contributed by atoms with E-state index in [0.29, 0.717) is 30.6 Å². The Labute approximate surface area is 238 Å². The van der Waals surface area contributed by atoms with Gasteiger partial charge in [0.25, 0.3) is 0 Å². The van der Waals surface area contributed by atoms with Crippen LogP contribution in [0.5, 0.6) is 0 Å². The van der Waals surface area contributed by atoms with E-state index >= 15 is 0 Å². The number of allylic oxidation sites excluding steroid dienone is 1. The van der Waals surface area contributed by atoms with Gasteiger partial charge in [0.1, 0.15) is 6.42 Å². The van der Waals surface area contributed by atoms with Gasteiger partial charge in [0.05, 0.1) is 19.3 Å². The highest BCUT2D eigenvalue weighted by molar-refractivity contribution is 5.94. The van der Waals surface area contributed by atoms with Crippen LogP contribution in [0.3, 0.4) is 0 Å². The molecule has 0 heterocycles. The molecule has 3 saturated carbocycles. The molecule has 222 valence electrons. The van der Waals surface area contributed by atoms with Gasteiger partial charge in [-0.2, -0.15) is 0 Å². The number of carbonyl (C=O) groups excluding carboxylic acids is 2. The highest BCUT2D eigenvalue weighted by Crippen LogP contribution is 2.67. The van der Waals surface area contributed by atoms with E-state index in [9.17, 15) is 9.59 Å². The third-order valence-corrected chi connectivity index (χ3v) is 11.6. The number of hydrogen-bond acceptors (Lipinski definition) is 4. The lowest BCUT2D eigenvalue weighted by Crippen LogP contribution is -2.51. The summed E-state index contributed by atoms with van der Waals surface area (Å²) in [7, 11) is 0. The SMILES string of the molecule is CCOC(=O)CC(=O)NCCO[C@H]1CC[C@@]2(C)C(=CCC3C2CC[C@@]2(C)C3CC[C@@H]2[C@H](C)CCCC(C)C)C1. The molecule has 0 spiro atoms. The maximum Gasteiger partial charge on any atom is 0.315 e. The summed E-state index contributed by atoms with van der Waals surface area (Å²) in [5.74, 6) is 4.42. The van der Waals surface area contributed by atoms with Gasteiger partial charge in [0, 0.05) is 6.54 Å². The molecule has 5 heteroatoms. The van der Waals surface area contributed by atoms with Crippen LogP contribution in [-0.2, 0) is 19.1 Å². The van der Waals surface area contributed by atoms with E-state index in [-0.39, 0.29) is 18.4 Å². The summed E-state index contributed by atoms with van der Waals surface area (Å²) in [6.07, 6.45) is 17.2. The molecule has 0 bridgehead atoms. The number of ether oxygens (including phenoxy) is 2. The van der Waals surface area contributed by atoms with Crippen LogP contribution >= 0.6 is 0 Å². The summed E-state index contributed by atoms with van der Waals surface area (Å²) in [6, 6.07) is 0. The van der Waals surface area contributed by atoms with Crippen molar-refractivity contribution in [3.05, 3.63) is 11.6 Å². The Hall–Kier alpha value is -1.36. The average molecular weight is 544 g/mol. The molecule has 8 atom stereocenters. The summed E-state index contributed by atoms with van der Waals surface area (Å²) in [4.78, 5) is 23.4. The van der Waals surface area contributed by atoms with Crippen molar-refractivity contribution in [2.45, 2.75) is 125 Å². The van der Waals surface area contributed by atoms with Gasteiger partial charge in [0.2, 0.25) is 5.91 Å². The van der Waals surface area contributed by atoms with Crippen LogP contribution in [0.25, 0.3) is 0 Å². The molecule has 0 aromatic rings. The molecule has 0 aliphatic heterocycles. The smallest absolute Gasteiger partial charge is 0.315 e. The molecule has 0 aromatic heterocycles. The number of amides is 1. The Kier molecular flexibility index (Phi) is 10.3. The number of hydrogen-bond donors (Lipinski definition) is 1. The molecule has 4 rings (SSSR count). The second-order valence-electron chi connectivity index (χ2n) is 14.4. The Morgan fingerprint density at radius 2 is 1.85 bits per heavy atom. The molecular weight excluding hydrogens is 486 g/mol. The normalized spacial score (nSPS) is 36.4. The van der Waals surface area contributed by atoms with Crippen molar-refractivity contribution < 1.29 is 19.1 Å². The molecule has 0 radical (unpaired) electrons. The minimum absolute atomic E-state index is 0.219. The van der Waals surface area contributed by atoms with Gasteiger partial charge in [-0.1, -0.05) is 65.5 Å². The standard InChI is InChI=1S/C34H57NO4/c1-7-38-32(37)22-31(36)35-19-20-39-26-15-17-33(5)25(21-26)11-12-27-29-14-13-28(24(4)10-8-9-23(2)3)34(29,6)18-16-30(27)33/h11,23-24,26-30H,7-10,12-22H2,1-6H3,(H,35,36)/t24-,26+,27?,28-,29?,30?,33+,34-/m1/s1. The zero-order chi connectivity index (χ0) is 28.2. The van der Waals surface area contributed by atoms with Crippen molar-refractivity contribution >= 4 is 11.9 Å². The minimum Gasteiger partial charge on any atom is -0.466 e. The Morgan fingerprint density at radius 3 is 2.59 bits per heavy atom. The van der Waals surface area contributed by atoms with Crippen LogP contribution in [0.4, 0.5) is 0 Å². The van der Waals surface area contributed by atoms with Crippen molar-refractivity contribution in [3.8, 4) is 0 Å². The number of esters is 1. The molecule has 5 nitrogen and oxygen atoms in total. The second kappa shape index (κ2) is 13.1. The monoisotopic (exact) mass is 543 g/mol. The van der Waals surface area contributed by atoms with Gasteiger partial charge in [-0.25, -0.2) is 0 Å². The molecule has 0 aromatic carbocycles. The maximum absolute atomic E-state index is 11.9. The van der Waals surface area contributed by atoms with E-state index in [2.05, 4.69) is 46.0 Å². The first-order valence-electron chi connectivity index (χ1n) is 16.3. The van der Waals surface area contributed by atoms with E-state index in [1.165, 1.54) is 57.8 Å². The third kappa shape index (κ3) is 6.76. The van der Waals surface area contributed by atoms with Gasteiger partial charge >= 0.3 is 5.97 Å². The summed E-state index contributed by atoms with van der Waals surface area (Å²) in [5, 5.41) is 2.79. The van der Waals surface area contributed by atoms with E-state index in [1.807, 2.05) is 0 Å². The van der Waals surface area contributed by atoms with Crippen LogP contribution < -0.4 is 5.32 Å². The van der Waals surface area contributed by atoms with Gasteiger partial charge < -0.3 is 14.8 Å². The number of fused-ring (bicyclic) bond motifs is 5. The average Bonchev–Trinajstić information content (AvgIpc) is 3.24. The molecule has 1 amide bonds. The molecule has 1 N–H and O–H groups in total. The summed E-state index contributed by atoms with van der Waals surface area (Å²) in [5.41, 5.74) is 2.52. The van der Waals surface area contributed by atoms with Crippen LogP contribution in [0.15, 0.2) is 11.6 Å². The molecular formula is C34H57NO4. The van der Waals surface area contributed by atoms with Gasteiger partial charge in [-0.15, -0.1) is 0 Å². The van der Waals surface area contributed by atoms with E-state index in [4.69, 9.17) is 9.47 Å².